The number of hydrogen-bond donors (Lipinski definition) is 1. The first kappa shape index (κ1) is 14.8. The molecular weight excluding hydrogens is 293 g/mol. The summed E-state index contributed by atoms with van der Waals surface area (Å²) in [4.78, 5) is -0.587. The van der Waals surface area contributed by atoms with Crippen LogP contribution in [-0.4, -0.2) is 8.42 Å². The number of rotatable bonds is 2. The van der Waals surface area contributed by atoms with Crippen molar-refractivity contribution in [3.63, 3.8) is 0 Å². The molecule has 0 aliphatic heterocycles. The molecule has 0 unspecified atom stereocenters. The first-order valence-corrected chi connectivity index (χ1v) is 6.71. The van der Waals surface area contributed by atoms with E-state index >= 15 is 0 Å². The molecule has 0 saturated carbocycles. The molecule has 0 heterocycles. The number of alkyl halides is 3. The summed E-state index contributed by atoms with van der Waals surface area (Å²) in [6.07, 6.45) is -4.77. The maximum absolute atomic E-state index is 12.6. The van der Waals surface area contributed by atoms with E-state index in [0.717, 1.165) is 0 Å². The monoisotopic (exact) mass is 298 g/mol. The van der Waals surface area contributed by atoms with Crippen molar-refractivity contribution in [1.82, 2.24) is 0 Å². The lowest BCUT2D eigenvalue weighted by molar-refractivity contribution is -0.137. The second-order valence-corrected chi connectivity index (χ2v) is 5.79. The first-order chi connectivity index (χ1) is 8.11. The highest BCUT2D eigenvalue weighted by molar-refractivity contribution is 8.13. The molecule has 0 aromatic heterocycles. The van der Waals surface area contributed by atoms with Gasteiger partial charge >= 0.3 is 6.18 Å². The van der Waals surface area contributed by atoms with E-state index < -0.39 is 37.8 Å². The zero-order valence-electron chi connectivity index (χ0n) is 8.62. The summed E-state index contributed by atoms with van der Waals surface area (Å²) in [6.45, 7) is -0.448. The smallest absolute Gasteiger partial charge is 0.326 e. The maximum Gasteiger partial charge on any atom is 0.417 e. The minimum absolute atomic E-state index is 0.295. The van der Waals surface area contributed by atoms with Crippen molar-refractivity contribution in [1.29, 1.82) is 5.26 Å². The number of nitrogens with two attached hydrogens (primary N) is 1. The zero-order valence-corrected chi connectivity index (χ0v) is 10.2. The van der Waals surface area contributed by atoms with Crippen molar-refractivity contribution < 1.29 is 21.6 Å². The van der Waals surface area contributed by atoms with E-state index in [1.165, 1.54) is 6.07 Å². The molecule has 1 rings (SSSR count). The minimum atomic E-state index is -4.77. The van der Waals surface area contributed by atoms with Crippen LogP contribution in [0.25, 0.3) is 0 Å². The van der Waals surface area contributed by atoms with Crippen molar-refractivity contribution in [2.45, 2.75) is 17.6 Å². The van der Waals surface area contributed by atoms with Crippen LogP contribution in [0, 0.1) is 11.3 Å². The van der Waals surface area contributed by atoms with Crippen LogP contribution in [0.1, 0.15) is 16.7 Å². The van der Waals surface area contributed by atoms with E-state index in [2.05, 4.69) is 0 Å². The molecule has 0 amide bonds. The Morgan fingerprint density at radius 2 is 1.94 bits per heavy atom. The minimum Gasteiger partial charge on any atom is -0.326 e. The Kier molecular flexibility index (Phi) is 3.90. The van der Waals surface area contributed by atoms with Crippen LogP contribution in [-0.2, 0) is 21.8 Å². The summed E-state index contributed by atoms with van der Waals surface area (Å²) in [5.74, 6) is 0. The fraction of sp³-hybridized carbons (Fsp3) is 0.222. The Morgan fingerprint density at radius 3 is 2.28 bits per heavy atom. The van der Waals surface area contributed by atoms with Gasteiger partial charge in [-0.1, -0.05) is 0 Å². The standard InChI is InChI=1S/C9H6ClF3N2O2S/c10-18(16,17)8-2-5(3-14)7(9(11,12)13)1-6(8)4-15/h1-2H,4,15H2. The predicted octanol–water partition coefficient (Wildman–Crippen LogP) is 1.96. The molecule has 0 atom stereocenters. The molecule has 2 N–H and O–H groups in total. The van der Waals surface area contributed by atoms with Crippen LogP contribution < -0.4 is 5.73 Å². The van der Waals surface area contributed by atoms with Gasteiger partial charge in [-0.25, -0.2) is 8.42 Å². The number of nitrogens with zero attached hydrogens (tertiary/aromatic N) is 1. The number of hydrogen-bond acceptors (Lipinski definition) is 4. The molecule has 0 radical (unpaired) electrons. The van der Waals surface area contributed by atoms with Crippen LogP contribution in [0.5, 0.6) is 0 Å². The third-order valence-corrected chi connectivity index (χ3v) is 3.51. The van der Waals surface area contributed by atoms with E-state index in [1.807, 2.05) is 0 Å². The molecule has 0 fully saturated rings. The van der Waals surface area contributed by atoms with Gasteiger partial charge in [0, 0.05) is 17.2 Å². The highest BCUT2D eigenvalue weighted by Gasteiger charge is 2.35. The summed E-state index contributed by atoms with van der Waals surface area (Å²) in [5.41, 5.74) is 2.82. The molecule has 1 aromatic carbocycles. The van der Waals surface area contributed by atoms with Crippen molar-refractivity contribution in [2.75, 3.05) is 0 Å². The molecule has 0 aliphatic carbocycles. The van der Waals surface area contributed by atoms with E-state index in [4.69, 9.17) is 21.7 Å². The lowest BCUT2D eigenvalue weighted by atomic mass is 10.0. The van der Waals surface area contributed by atoms with Crippen LogP contribution in [0.2, 0.25) is 0 Å². The zero-order chi connectivity index (χ0) is 14.1. The van der Waals surface area contributed by atoms with E-state index in [0.29, 0.717) is 12.1 Å². The van der Waals surface area contributed by atoms with Crippen LogP contribution in [0.4, 0.5) is 13.2 Å². The summed E-state index contributed by atoms with van der Waals surface area (Å²) in [6, 6.07) is 2.38. The summed E-state index contributed by atoms with van der Waals surface area (Å²) in [5, 5.41) is 8.62. The van der Waals surface area contributed by atoms with Crippen molar-refractivity contribution in [3.8, 4) is 6.07 Å². The highest BCUT2D eigenvalue weighted by Crippen LogP contribution is 2.35. The number of nitriles is 1. The lowest BCUT2D eigenvalue weighted by Gasteiger charge is -2.12. The third-order valence-electron chi connectivity index (χ3n) is 2.11. The highest BCUT2D eigenvalue weighted by atomic mass is 35.7. The van der Waals surface area contributed by atoms with Gasteiger partial charge < -0.3 is 5.73 Å². The fourth-order valence-electron chi connectivity index (χ4n) is 1.34. The van der Waals surface area contributed by atoms with E-state index in [-0.39, 0.29) is 5.56 Å². The van der Waals surface area contributed by atoms with Gasteiger partial charge in [0.2, 0.25) is 0 Å². The number of halogens is 4. The lowest BCUT2D eigenvalue weighted by Crippen LogP contribution is -2.12. The van der Waals surface area contributed by atoms with Crippen molar-refractivity contribution in [3.05, 3.63) is 28.8 Å². The van der Waals surface area contributed by atoms with E-state index in [9.17, 15) is 21.6 Å². The molecule has 9 heteroatoms. The first-order valence-electron chi connectivity index (χ1n) is 4.40. The van der Waals surface area contributed by atoms with E-state index in [1.54, 1.807) is 0 Å². The normalized spacial score (nSPS) is 12.2. The molecule has 18 heavy (non-hydrogen) atoms. The predicted molar refractivity (Wildman–Crippen MR) is 57.1 cm³/mol. The Balaban J connectivity index is 3.70. The van der Waals surface area contributed by atoms with Gasteiger partial charge in [-0.05, 0) is 17.7 Å². The Labute approximate surface area is 105 Å². The Bertz CT molecular complexity index is 620. The quantitative estimate of drug-likeness (QED) is 0.846. The molecule has 0 bridgehead atoms. The molecular formula is C9H6ClF3N2O2S. The average molecular weight is 299 g/mol. The summed E-state index contributed by atoms with van der Waals surface area (Å²) >= 11 is 0. The van der Waals surface area contributed by atoms with Crippen molar-refractivity contribution >= 4 is 19.7 Å². The molecule has 98 valence electrons. The maximum atomic E-state index is 12.6. The molecule has 0 saturated heterocycles. The van der Waals surface area contributed by atoms with Crippen LogP contribution >= 0.6 is 10.7 Å². The van der Waals surface area contributed by atoms with Crippen molar-refractivity contribution in [2.24, 2.45) is 5.73 Å². The molecule has 1 aromatic rings. The van der Waals surface area contributed by atoms with Gasteiger partial charge in [-0.15, -0.1) is 0 Å². The van der Waals surface area contributed by atoms with Gasteiger partial charge in [0.1, 0.15) is 0 Å². The van der Waals surface area contributed by atoms with Gasteiger partial charge in [-0.2, -0.15) is 18.4 Å². The Morgan fingerprint density at radius 1 is 1.39 bits per heavy atom. The molecule has 4 nitrogen and oxygen atoms in total. The van der Waals surface area contributed by atoms with Gasteiger partial charge in [-0.3, -0.25) is 0 Å². The van der Waals surface area contributed by atoms with Gasteiger partial charge in [0.25, 0.3) is 9.05 Å². The average Bonchev–Trinajstić information content (AvgIpc) is 2.24. The Hall–Kier alpha value is -1.30. The number of benzene rings is 1. The van der Waals surface area contributed by atoms with Gasteiger partial charge in [0.15, 0.2) is 0 Å². The molecule has 0 aliphatic rings. The van der Waals surface area contributed by atoms with Gasteiger partial charge in [0.05, 0.1) is 22.1 Å². The third kappa shape index (κ3) is 2.93. The topological polar surface area (TPSA) is 84.0 Å². The molecule has 0 spiro atoms. The SMILES string of the molecule is N#Cc1cc(S(=O)(=O)Cl)c(CN)cc1C(F)(F)F. The summed E-state index contributed by atoms with van der Waals surface area (Å²) in [7, 11) is 0.797. The second-order valence-electron chi connectivity index (χ2n) is 3.26. The second kappa shape index (κ2) is 4.76. The largest absolute Gasteiger partial charge is 0.417 e. The summed E-state index contributed by atoms with van der Waals surface area (Å²) < 4.78 is 60.1. The van der Waals surface area contributed by atoms with Crippen LogP contribution in [0.15, 0.2) is 17.0 Å². The van der Waals surface area contributed by atoms with Crippen LogP contribution in [0.3, 0.4) is 0 Å². The fourth-order valence-corrected chi connectivity index (χ4v) is 2.48.